The summed E-state index contributed by atoms with van der Waals surface area (Å²) in [4.78, 5) is 2.81. The largest absolute Gasteiger partial charge is 0.497 e. The van der Waals surface area contributed by atoms with Crippen molar-refractivity contribution in [2.45, 2.75) is 51.1 Å². The molecule has 2 aliphatic heterocycles. The zero-order valence-corrected chi connectivity index (χ0v) is 19.3. The van der Waals surface area contributed by atoms with Crippen LogP contribution < -0.4 is 4.74 Å². The standard InChI is InChI=1S/C28H31NOS/c1-20-5-3-6-21(15-20)11-13-29-25-9-10-26(29)17-24(16-25)28(23-12-14-31-19-23)22-7-4-8-27(18-22)30-2/h3-8,12,14-15,18-19,25-26H,9-11,13,16-17H2,1-2H3. The molecule has 3 aromatic rings. The van der Waals surface area contributed by atoms with Crippen molar-refractivity contribution in [1.82, 2.24) is 4.90 Å². The molecule has 3 heterocycles. The van der Waals surface area contributed by atoms with Crippen LogP contribution in [0, 0.1) is 6.92 Å². The highest BCUT2D eigenvalue weighted by Crippen LogP contribution is 2.43. The van der Waals surface area contributed by atoms with Crippen molar-refractivity contribution >= 4 is 16.9 Å². The number of methoxy groups -OCH3 is 1. The van der Waals surface area contributed by atoms with Gasteiger partial charge in [-0.3, -0.25) is 4.90 Å². The molecule has 3 heteroatoms. The maximum absolute atomic E-state index is 5.54. The third-order valence-corrected chi connectivity index (χ3v) is 7.68. The maximum atomic E-state index is 5.54. The van der Waals surface area contributed by atoms with Crippen LogP contribution in [0.4, 0.5) is 0 Å². The third kappa shape index (κ3) is 4.35. The van der Waals surface area contributed by atoms with Crippen molar-refractivity contribution in [3.63, 3.8) is 0 Å². The van der Waals surface area contributed by atoms with E-state index in [0.717, 1.165) is 12.2 Å². The average molecular weight is 430 g/mol. The van der Waals surface area contributed by atoms with E-state index >= 15 is 0 Å². The lowest BCUT2D eigenvalue weighted by atomic mass is 9.86. The number of hydrogen-bond acceptors (Lipinski definition) is 3. The van der Waals surface area contributed by atoms with Gasteiger partial charge in [0.25, 0.3) is 0 Å². The number of ether oxygens (including phenoxy) is 1. The minimum atomic E-state index is 0.679. The highest BCUT2D eigenvalue weighted by Gasteiger charge is 2.39. The molecule has 2 saturated heterocycles. The van der Waals surface area contributed by atoms with Gasteiger partial charge in [-0.1, -0.05) is 47.5 Å². The highest BCUT2D eigenvalue weighted by molar-refractivity contribution is 7.08. The van der Waals surface area contributed by atoms with Gasteiger partial charge < -0.3 is 4.74 Å². The molecule has 2 nitrogen and oxygen atoms in total. The van der Waals surface area contributed by atoms with Gasteiger partial charge in [-0.15, -0.1) is 0 Å². The van der Waals surface area contributed by atoms with Crippen LogP contribution in [-0.2, 0) is 6.42 Å². The molecule has 2 fully saturated rings. The van der Waals surface area contributed by atoms with Crippen LogP contribution in [0.25, 0.3) is 5.57 Å². The summed E-state index contributed by atoms with van der Waals surface area (Å²) in [6, 6.07) is 21.2. The number of rotatable bonds is 6. The number of fused-ring (bicyclic) bond motifs is 2. The molecule has 0 spiro atoms. The molecule has 2 atom stereocenters. The topological polar surface area (TPSA) is 12.5 Å². The summed E-state index contributed by atoms with van der Waals surface area (Å²) in [6.45, 7) is 3.37. The van der Waals surface area contributed by atoms with E-state index in [4.69, 9.17) is 4.74 Å². The third-order valence-electron chi connectivity index (χ3n) is 7.00. The summed E-state index contributed by atoms with van der Waals surface area (Å²) in [5.74, 6) is 0.935. The van der Waals surface area contributed by atoms with Gasteiger partial charge in [0.2, 0.25) is 0 Å². The lowest BCUT2D eigenvalue weighted by Gasteiger charge is -2.37. The van der Waals surface area contributed by atoms with Crippen molar-refractivity contribution in [2.24, 2.45) is 0 Å². The Morgan fingerprint density at radius 1 is 1.00 bits per heavy atom. The van der Waals surface area contributed by atoms with Crippen molar-refractivity contribution in [3.05, 3.63) is 93.2 Å². The first-order chi connectivity index (χ1) is 15.2. The van der Waals surface area contributed by atoms with E-state index in [-0.39, 0.29) is 0 Å². The van der Waals surface area contributed by atoms with Crippen molar-refractivity contribution in [2.75, 3.05) is 13.7 Å². The lowest BCUT2D eigenvalue weighted by Crippen LogP contribution is -2.41. The van der Waals surface area contributed by atoms with E-state index in [1.54, 1.807) is 24.0 Å². The summed E-state index contributed by atoms with van der Waals surface area (Å²) in [6.07, 6.45) is 6.19. The quantitative estimate of drug-likeness (QED) is 0.430. The minimum Gasteiger partial charge on any atom is -0.497 e. The number of hydrogen-bond donors (Lipinski definition) is 0. The summed E-state index contributed by atoms with van der Waals surface area (Å²) in [7, 11) is 1.75. The zero-order chi connectivity index (χ0) is 21.2. The van der Waals surface area contributed by atoms with E-state index in [1.807, 2.05) is 6.07 Å². The van der Waals surface area contributed by atoms with Crippen molar-refractivity contribution < 1.29 is 4.74 Å². The molecule has 0 aliphatic carbocycles. The molecular weight excluding hydrogens is 398 g/mol. The Balaban J connectivity index is 1.41. The molecule has 2 aromatic carbocycles. The van der Waals surface area contributed by atoms with E-state index < -0.39 is 0 Å². The molecule has 2 bridgehead atoms. The fourth-order valence-corrected chi connectivity index (χ4v) is 6.21. The Bertz CT molecular complexity index is 1050. The number of aryl methyl sites for hydroxylation is 1. The van der Waals surface area contributed by atoms with Gasteiger partial charge in [0.1, 0.15) is 5.75 Å². The fourth-order valence-electron chi connectivity index (χ4n) is 5.56. The summed E-state index contributed by atoms with van der Waals surface area (Å²) in [5, 5.41) is 4.50. The van der Waals surface area contributed by atoms with Gasteiger partial charge in [-0.25, -0.2) is 0 Å². The second-order valence-corrected chi connectivity index (χ2v) is 9.77. The van der Waals surface area contributed by atoms with E-state index in [0.29, 0.717) is 12.1 Å². The second-order valence-electron chi connectivity index (χ2n) is 8.99. The molecule has 0 N–H and O–H groups in total. The Kier molecular flexibility index (Phi) is 5.97. The smallest absolute Gasteiger partial charge is 0.119 e. The van der Waals surface area contributed by atoms with Gasteiger partial charge in [0.05, 0.1) is 7.11 Å². The minimum absolute atomic E-state index is 0.679. The molecule has 0 radical (unpaired) electrons. The average Bonchev–Trinajstić information content (AvgIpc) is 3.39. The molecular formula is C28H31NOS. The predicted molar refractivity (Wildman–Crippen MR) is 131 cm³/mol. The number of thiophene rings is 1. The normalized spacial score (nSPS) is 20.8. The molecule has 2 aliphatic rings. The lowest BCUT2D eigenvalue weighted by molar-refractivity contribution is 0.168. The molecule has 1 aromatic heterocycles. The molecule has 5 rings (SSSR count). The van der Waals surface area contributed by atoms with Gasteiger partial charge in [0.15, 0.2) is 0 Å². The summed E-state index contributed by atoms with van der Waals surface area (Å²) in [5.41, 5.74) is 8.56. The summed E-state index contributed by atoms with van der Waals surface area (Å²) >= 11 is 1.79. The van der Waals surface area contributed by atoms with Crippen LogP contribution >= 0.6 is 11.3 Å². The van der Waals surface area contributed by atoms with Gasteiger partial charge >= 0.3 is 0 Å². The predicted octanol–water partition coefficient (Wildman–Crippen LogP) is 6.74. The van der Waals surface area contributed by atoms with Crippen LogP contribution in [0.5, 0.6) is 5.75 Å². The Morgan fingerprint density at radius 3 is 2.52 bits per heavy atom. The molecule has 31 heavy (non-hydrogen) atoms. The van der Waals surface area contributed by atoms with E-state index in [1.165, 1.54) is 60.1 Å². The van der Waals surface area contributed by atoms with E-state index in [9.17, 15) is 0 Å². The Labute approximate surface area is 190 Å². The van der Waals surface area contributed by atoms with Crippen molar-refractivity contribution in [3.8, 4) is 5.75 Å². The summed E-state index contributed by atoms with van der Waals surface area (Å²) < 4.78 is 5.54. The molecule has 0 amide bonds. The Morgan fingerprint density at radius 2 is 1.81 bits per heavy atom. The van der Waals surface area contributed by atoms with Crippen LogP contribution in [0.3, 0.4) is 0 Å². The van der Waals surface area contributed by atoms with Crippen LogP contribution in [-0.4, -0.2) is 30.6 Å². The Hall–Kier alpha value is -2.36. The number of nitrogens with zero attached hydrogens (tertiary/aromatic N) is 1. The maximum Gasteiger partial charge on any atom is 0.119 e. The van der Waals surface area contributed by atoms with Crippen LogP contribution in [0.1, 0.15) is 47.9 Å². The molecule has 2 unspecified atom stereocenters. The van der Waals surface area contributed by atoms with E-state index in [2.05, 4.69) is 71.1 Å². The molecule has 160 valence electrons. The molecule has 0 saturated carbocycles. The second kappa shape index (κ2) is 9.02. The van der Waals surface area contributed by atoms with Crippen molar-refractivity contribution in [1.29, 1.82) is 0 Å². The van der Waals surface area contributed by atoms with Gasteiger partial charge in [0, 0.05) is 18.6 Å². The zero-order valence-electron chi connectivity index (χ0n) is 18.5. The SMILES string of the molecule is COc1cccc(C(=C2CC3CCC(C2)N3CCc2cccc(C)c2)c2ccsc2)c1. The monoisotopic (exact) mass is 429 g/mol. The van der Waals surface area contributed by atoms with Crippen LogP contribution in [0.2, 0.25) is 0 Å². The first-order valence-corrected chi connectivity index (χ1v) is 12.4. The van der Waals surface area contributed by atoms with Gasteiger partial charge in [-0.2, -0.15) is 11.3 Å². The first-order valence-electron chi connectivity index (χ1n) is 11.4. The van der Waals surface area contributed by atoms with Gasteiger partial charge in [-0.05, 0) is 90.3 Å². The number of piperidine rings is 1. The highest BCUT2D eigenvalue weighted by atomic mass is 32.1. The number of benzene rings is 2. The first kappa shape index (κ1) is 20.5. The van der Waals surface area contributed by atoms with Crippen LogP contribution in [0.15, 0.2) is 70.9 Å². The fraction of sp³-hybridized carbons (Fsp3) is 0.357.